The van der Waals surface area contributed by atoms with Gasteiger partial charge in [0.05, 0.1) is 29.0 Å². The van der Waals surface area contributed by atoms with Gasteiger partial charge in [0.2, 0.25) is 0 Å². The number of amides is 1. The Bertz CT molecular complexity index is 894. The SMILES string of the molecule is Cc1c(C(=O)NC2CCS(=O)(=O)C2)cnn1-c1ccc(=O)[nH]n1. The summed E-state index contributed by atoms with van der Waals surface area (Å²) < 4.78 is 24.3. The Morgan fingerprint density at radius 2 is 2.22 bits per heavy atom. The van der Waals surface area contributed by atoms with Crippen molar-refractivity contribution in [2.75, 3.05) is 11.5 Å². The molecular formula is C13H15N5O4S. The molecule has 1 amide bonds. The quantitative estimate of drug-likeness (QED) is 0.753. The monoisotopic (exact) mass is 337 g/mol. The van der Waals surface area contributed by atoms with Gasteiger partial charge in [-0.1, -0.05) is 0 Å². The van der Waals surface area contributed by atoms with Crippen LogP contribution in [0.3, 0.4) is 0 Å². The van der Waals surface area contributed by atoms with E-state index in [9.17, 15) is 18.0 Å². The lowest BCUT2D eigenvalue weighted by molar-refractivity contribution is 0.0940. The molecule has 2 N–H and O–H groups in total. The molecule has 1 aliphatic rings. The van der Waals surface area contributed by atoms with Crippen LogP contribution in [0.25, 0.3) is 5.82 Å². The van der Waals surface area contributed by atoms with Crippen LogP contribution in [0.15, 0.2) is 23.1 Å². The number of H-pyrrole nitrogens is 1. The average molecular weight is 337 g/mol. The Labute approximate surface area is 131 Å². The van der Waals surface area contributed by atoms with Gasteiger partial charge in [-0.15, -0.1) is 0 Å². The van der Waals surface area contributed by atoms with Crippen LogP contribution in [-0.4, -0.2) is 51.9 Å². The Balaban J connectivity index is 1.80. The summed E-state index contributed by atoms with van der Waals surface area (Å²) in [5.41, 5.74) is 0.546. The van der Waals surface area contributed by atoms with Crippen molar-refractivity contribution in [1.29, 1.82) is 0 Å². The smallest absolute Gasteiger partial charge is 0.264 e. The zero-order chi connectivity index (χ0) is 16.6. The van der Waals surface area contributed by atoms with Crippen LogP contribution in [0.5, 0.6) is 0 Å². The Morgan fingerprint density at radius 1 is 1.43 bits per heavy atom. The number of carbonyl (C=O) groups is 1. The molecule has 0 spiro atoms. The highest BCUT2D eigenvalue weighted by Crippen LogP contribution is 2.15. The zero-order valence-electron chi connectivity index (χ0n) is 12.3. The molecule has 1 atom stereocenters. The first-order valence-electron chi connectivity index (χ1n) is 6.98. The number of sulfone groups is 1. The molecule has 1 saturated heterocycles. The maximum atomic E-state index is 12.3. The largest absolute Gasteiger partial charge is 0.348 e. The highest BCUT2D eigenvalue weighted by Gasteiger charge is 2.29. The normalized spacial score (nSPS) is 19.6. The van der Waals surface area contributed by atoms with Crippen molar-refractivity contribution in [2.24, 2.45) is 0 Å². The van der Waals surface area contributed by atoms with E-state index >= 15 is 0 Å². The molecule has 0 aliphatic carbocycles. The van der Waals surface area contributed by atoms with Crippen molar-refractivity contribution in [3.63, 3.8) is 0 Å². The summed E-state index contributed by atoms with van der Waals surface area (Å²) in [5.74, 6) is 0.0649. The molecule has 0 radical (unpaired) electrons. The Morgan fingerprint density at radius 3 is 2.83 bits per heavy atom. The van der Waals surface area contributed by atoms with E-state index in [2.05, 4.69) is 20.6 Å². The van der Waals surface area contributed by atoms with Crippen molar-refractivity contribution in [3.8, 4) is 5.82 Å². The van der Waals surface area contributed by atoms with Crippen LogP contribution < -0.4 is 10.9 Å². The number of carbonyl (C=O) groups excluding carboxylic acids is 1. The van der Waals surface area contributed by atoms with E-state index < -0.39 is 9.84 Å². The molecule has 3 rings (SSSR count). The van der Waals surface area contributed by atoms with Crippen molar-refractivity contribution >= 4 is 15.7 Å². The van der Waals surface area contributed by atoms with E-state index in [0.29, 0.717) is 23.5 Å². The van der Waals surface area contributed by atoms with Gasteiger partial charge in [-0.3, -0.25) is 9.59 Å². The standard InChI is InChI=1S/C13H15N5O4S/c1-8-10(13(20)15-9-4-5-23(21,22)7-9)6-14-18(8)11-2-3-12(19)17-16-11/h2-3,6,9H,4-5,7H2,1H3,(H,15,20)(H,17,19). The Kier molecular flexibility index (Phi) is 3.76. The first-order chi connectivity index (χ1) is 10.9. The molecule has 23 heavy (non-hydrogen) atoms. The minimum absolute atomic E-state index is 0.0343. The minimum Gasteiger partial charge on any atom is -0.348 e. The molecule has 0 aromatic carbocycles. The van der Waals surface area contributed by atoms with Gasteiger partial charge >= 0.3 is 0 Å². The number of rotatable bonds is 3. The summed E-state index contributed by atoms with van der Waals surface area (Å²) in [6, 6.07) is 2.43. The van der Waals surface area contributed by atoms with Crippen LogP contribution in [0.1, 0.15) is 22.5 Å². The molecule has 10 heteroatoms. The Hall–Kier alpha value is -2.49. The predicted octanol–water partition coefficient (Wildman–Crippen LogP) is -0.819. The van der Waals surface area contributed by atoms with Gasteiger partial charge in [0.1, 0.15) is 0 Å². The number of hydrogen-bond acceptors (Lipinski definition) is 6. The van der Waals surface area contributed by atoms with Crippen LogP contribution in [0.2, 0.25) is 0 Å². The molecule has 0 bridgehead atoms. The average Bonchev–Trinajstić information content (AvgIpc) is 3.02. The van der Waals surface area contributed by atoms with E-state index in [1.54, 1.807) is 6.92 Å². The summed E-state index contributed by atoms with van der Waals surface area (Å²) in [4.78, 5) is 23.3. The van der Waals surface area contributed by atoms with Crippen molar-refractivity contribution in [2.45, 2.75) is 19.4 Å². The van der Waals surface area contributed by atoms with Gasteiger partial charge in [0, 0.05) is 12.1 Å². The molecule has 2 aromatic rings. The number of aromatic amines is 1. The van der Waals surface area contributed by atoms with Gasteiger partial charge in [0.25, 0.3) is 11.5 Å². The lowest BCUT2D eigenvalue weighted by atomic mass is 10.2. The summed E-state index contributed by atoms with van der Waals surface area (Å²) in [6.45, 7) is 1.69. The van der Waals surface area contributed by atoms with E-state index in [0.717, 1.165) is 0 Å². The lowest BCUT2D eigenvalue weighted by Crippen LogP contribution is -2.35. The maximum Gasteiger partial charge on any atom is 0.264 e. The van der Waals surface area contributed by atoms with E-state index in [1.165, 1.54) is 23.0 Å². The van der Waals surface area contributed by atoms with E-state index in [4.69, 9.17) is 0 Å². The molecule has 1 unspecified atom stereocenters. The summed E-state index contributed by atoms with van der Waals surface area (Å²) in [6.07, 6.45) is 1.81. The summed E-state index contributed by atoms with van der Waals surface area (Å²) in [5, 5.41) is 13.0. The van der Waals surface area contributed by atoms with Crippen molar-refractivity contribution in [1.82, 2.24) is 25.3 Å². The fraction of sp³-hybridized carbons (Fsp3) is 0.385. The molecule has 3 heterocycles. The lowest BCUT2D eigenvalue weighted by Gasteiger charge is -2.10. The van der Waals surface area contributed by atoms with Gasteiger partial charge in [-0.05, 0) is 19.4 Å². The van der Waals surface area contributed by atoms with Crippen molar-refractivity contribution < 1.29 is 13.2 Å². The first-order valence-corrected chi connectivity index (χ1v) is 8.80. The first kappa shape index (κ1) is 15.4. The predicted molar refractivity (Wildman–Crippen MR) is 81.2 cm³/mol. The summed E-state index contributed by atoms with van der Waals surface area (Å²) >= 11 is 0. The molecule has 122 valence electrons. The van der Waals surface area contributed by atoms with Crippen LogP contribution >= 0.6 is 0 Å². The van der Waals surface area contributed by atoms with Gasteiger partial charge in [0.15, 0.2) is 15.7 Å². The van der Waals surface area contributed by atoms with Crippen LogP contribution in [0, 0.1) is 6.92 Å². The fourth-order valence-corrected chi connectivity index (χ4v) is 4.16. The maximum absolute atomic E-state index is 12.3. The second-order valence-electron chi connectivity index (χ2n) is 5.41. The third-order valence-corrected chi connectivity index (χ3v) is 5.47. The van der Waals surface area contributed by atoms with Gasteiger partial charge < -0.3 is 5.32 Å². The molecule has 2 aromatic heterocycles. The minimum atomic E-state index is -3.05. The van der Waals surface area contributed by atoms with Gasteiger partial charge in [-0.2, -0.15) is 10.2 Å². The fourth-order valence-electron chi connectivity index (χ4n) is 2.49. The molecule has 1 aliphatic heterocycles. The number of aromatic nitrogens is 4. The molecule has 9 nitrogen and oxygen atoms in total. The number of nitrogens with zero attached hydrogens (tertiary/aromatic N) is 3. The summed E-state index contributed by atoms with van der Waals surface area (Å²) in [7, 11) is -3.05. The van der Waals surface area contributed by atoms with Crippen LogP contribution in [0.4, 0.5) is 0 Å². The molecule has 0 saturated carbocycles. The molecule has 1 fully saturated rings. The van der Waals surface area contributed by atoms with Crippen LogP contribution in [-0.2, 0) is 9.84 Å². The topological polar surface area (TPSA) is 127 Å². The number of hydrogen-bond donors (Lipinski definition) is 2. The third kappa shape index (κ3) is 3.16. The van der Waals surface area contributed by atoms with Crippen molar-refractivity contribution in [3.05, 3.63) is 39.9 Å². The third-order valence-electron chi connectivity index (χ3n) is 3.70. The van der Waals surface area contributed by atoms with Gasteiger partial charge in [-0.25, -0.2) is 18.2 Å². The molecular weight excluding hydrogens is 322 g/mol. The zero-order valence-corrected chi connectivity index (χ0v) is 13.1. The van der Waals surface area contributed by atoms with E-state index in [1.807, 2.05) is 0 Å². The highest BCUT2D eigenvalue weighted by atomic mass is 32.2. The highest BCUT2D eigenvalue weighted by molar-refractivity contribution is 7.91. The van der Waals surface area contributed by atoms with E-state index in [-0.39, 0.29) is 29.0 Å². The second kappa shape index (κ2) is 5.61. The number of nitrogens with one attached hydrogen (secondary N) is 2. The second-order valence-corrected chi connectivity index (χ2v) is 7.64.